The summed E-state index contributed by atoms with van der Waals surface area (Å²) in [6.45, 7) is 0. The van der Waals surface area contributed by atoms with Gasteiger partial charge in [-0.15, -0.1) is 0 Å². The van der Waals surface area contributed by atoms with Gasteiger partial charge in [-0.05, 0) is 0 Å². The molecular formula is C18H13NOSSe. The molecule has 4 rings (SSSR count). The van der Waals surface area contributed by atoms with Gasteiger partial charge in [0.15, 0.2) is 0 Å². The maximum atomic E-state index is 5.24. The summed E-state index contributed by atoms with van der Waals surface area (Å²) >= 11 is 2.15. The second kappa shape index (κ2) is 5.73. The number of fused-ring (bicyclic) bond motifs is 1. The molecule has 0 bridgehead atoms. The quantitative estimate of drug-likeness (QED) is 0.488. The average molecular weight is 370 g/mol. The number of methoxy groups -OCH3 is 1. The number of aromatic nitrogens is 1. The van der Waals surface area contributed by atoms with Gasteiger partial charge in [0.2, 0.25) is 0 Å². The second-order valence-electron chi connectivity index (χ2n) is 4.89. The van der Waals surface area contributed by atoms with Gasteiger partial charge in [0.1, 0.15) is 0 Å². The summed E-state index contributed by atoms with van der Waals surface area (Å²) in [7, 11) is 1.70. The molecule has 0 N–H and O–H groups in total. The van der Waals surface area contributed by atoms with Crippen LogP contribution in [0.1, 0.15) is 0 Å². The van der Waals surface area contributed by atoms with Crippen molar-refractivity contribution in [2.75, 3.05) is 7.11 Å². The molecule has 4 aromatic rings. The summed E-state index contributed by atoms with van der Waals surface area (Å²) in [6, 6.07) is 18.7. The van der Waals surface area contributed by atoms with Gasteiger partial charge in [-0.3, -0.25) is 0 Å². The standard InChI is InChI=1S/C18H13NOSSe/c1-20-14-9-7-12(8-10-14)17-16-15(11-22-17)19-18(21-16)13-5-3-2-4-6-13/h2-11H,1H3. The Balaban J connectivity index is 1.80. The Morgan fingerprint density at radius 3 is 2.45 bits per heavy atom. The Labute approximate surface area is 138 Å². The van der Waals surface area contributed by atoms with Crippen LogP contribution in [0, 0.1) is 0 Å². The first-order chi connectivity index (χ1) is 10.8. The SMILES string of the molecule is COc1ccc(-c2[se]cc3nc(-c4ccccc4)sc23)cc1. The molecule has 0 fully saturated rings. The van der Waals surface area contributed by atoms with E-state index in [-0.39, 0.29) is 0 Å². The molecule has 0 unspecified atom stereocenters. The molecule has 0 aliphatic carbocycles. The maximum absolute atomic E-state index is 5.24. The zero-order valence-electron chi connectivity index (χ0n) is 11.9. The molecule has 0 spiro atoms. The predicted molar refractivity (Wildman–Crippen MR) is 94.0 cm³/mol. The van der Waals surface area contributed by atoms with E-state index in [4.69, 9.17) is 9.72 Å². The van der Waals surface area contributed by atoms with Crippen LogP contribution >= 0.6 is 11.3 Å². The molecule has 0 radical (unpaired) electrons. The fourth-order valence-corrected chi connectivity index (χ4v) is 5.93. The van der Waals surface area contributed by atoms with Crippen molar-refractivity contribution in [2.24, 2.45) is 0 Å². The molecule has 0 amide bonds. The zero-order valence-corrected chi connectivity index (χ0v) is 14.5. The van der Waals surface area contributed by atoms with E-state index in [2.05, 4.69) is 41.3 Å². The molecule has 2 heterocycles. The summed E-state index contributed by atoms with van der Waals surface area (Å²) in [6.07, 6.45) is 0. The van der Waals surface area contributed by atoms with Crippen LogP contribution in [0.2, 0.25) is 0 Å². The Bertz CT molecular complexity index is 909. The number of hydrogen-bond donors (Lipinski definition) is 0. The van der Waals surface area contributed by atoms with Gasteiger partial charge in [-0.2, -0.15) is 0 Å². The molecule has 0 aliphatic heterocycles. The van der Waals surface area contributed by atoms with Crippen LogP contribution in [-0.2, 0) is 0 Å². The molecule has 2 nitrogen and oxygen atoms in total. The fraction of sp³-hybridized carbons (Fsp3) is 0.0556. The van der Waals surface area contributed by atoms with E-state index < -0.39 is 0 Å². The van der Waals surface area contributed by atoms with Crippen LogP contribution in [-0.4, -0.2) is 26.6 Å². The van der Waals surface area contributed by atoms with Crippen LogP contribution in [0.5, 0.6) is 5.75 Å². The first-order valence-corrected chi connectivity index (χ1v) is 9.59. The van der Waals surface area contributed by atoms with Crippen molar-refractivity contribution in [1.82, 2.24) is 4.98 Å². The Morgan fingerprint density at radius 2 is 1.73 bits per heavy atom. The van der Waals surface area contributed by atoms with Gasteiger partial charge in [0.25, 0.3) is 0 Å². The molecule has 0 atom stereocenters. The third-order valence-electron chi connectivity index (χ3n) is 3.52. The van der Waals surface area contributed by atoms with Gasteiger partial charge >= 0.3 is 139 Å². The second-order valence-corrected chi connectivity index (χ2v) is 7.74. The van der Waals surface area contributed by atoms with E-state index in [9.17, 15) is 0 Å². The van der Waals surface area contributed by atoms with Crippen molar-refractivity contribution in [1.29, 1.82) is 0 Å². The first kappa shape index (κ1) is 13.8. The van der Waals surface area contributed by atoms with Crippen LogP contribution < -0.4 is 4.74 Å². The summed E-state index contributed by atoms with van der Waals surface area (Å²) in [4.78, 5) is 7.09. The van der Waals surface area contributed by atoms with Gasteiger partial charge in [0, 0.05) is 0 Å². The third kappa shape index (κ3) is 2.39. The van der Waals surface area contributed by atoms with Crippen LogP contribution in [0.3, 0.4) is 0 Å². The molecule has 4 heteroatoms. The van der Waals surface area contributed by atoms with Crippen molar-refractivity contribution in [3.8, 4) is 26.3 Å². The predicted octanol–water partition coefficient (Wildman–Crippen LogP) is 4.70. The topological polar surface area (TPSA) is 22.1 Å². The third-order valence-corrected chi connectivity index (χ3v) is 7.08. The Hall–Kier alpha value is -1.87. The summed E-state index contributed by atoms with van der Waals surface area (Å²) < 4.78 is 7.99. The normalized spacial score (nSPS) is 11.0. The van der Waals surface area contributed by atoms with Gasteiger partial charge in [-0.1, -0.05) is 0 Å². The monoisotopic (exact) mass is 371 g/mol. The van der Waals surface area contributed by atoms with E-state index in [0.717, 1.165) is 16.3 Å². The Morgan fingerprint density at radius 1 is 0.955 bits per heavy atom. The number of thiazole rings is 1. The van der Waals surface area contributed by atoms with E-state index in [1.165, 1.54) is 20.3 Å². The van der Waals surface area contributed by atoms with Gasteiger partial charge in [-0.25, -0.2) is 0 Å². The number of benzene rings is 2. The van der Waals surface area contributed by atoms with E-state index in [0.29, 0.717) is 14.5 Å². The molecule has 0 aliphatic rings. The fourth-order valence-electron chi connectivity index (χ4n) is 2.39. The number of hydrogen-bond acceptors (Lipinski definition) is 3. The first-order valence-electron chi connectivity index (χ1n) is 6.93. The molecule has 0 saturated carbocycles. The van der Waals surface area contributed by atoms with Gasteiger partial charge in [0.05, 0.1) is 0 Å². The van der Waals surface area contributed by atoms with E-state index >= 15 is 0 Å². The van der Waals surface area contributed by atoms with Crippen LogP contribution in [0.15, 0.2) is 59.5 Å². The minimum absolute atomic E-state index is 0.359. The summed E-state index contributed by atoms with van der Waals surface area (Å²) in [5.74, 6) is 0.897. The van der Waals surface area contributed by atoms with Crippen molar-refractivity contribution < 1.29 is 4.74 Å². The van der Waals surface area contributed by atoms with Crippen molar-refractivity contribution >= 4 is 36.1 Å². The van der Waals surface area contributed by atoms with Crippen LogP contribution in [0.25, 0.3) is 30.8 Å². The Kier molecular flexibility index (Phi) is 3.59. The molecule has 108 valence electrons. The van der Waals surface area contributed by atoms with E-state index in [1.54, 1.807) is 18.4 Å². The minimum atomic E-state index is 0.359. The van der Waals surface area contributed by atoms with E-state index in [1.807, 2.05) is 18.2 Å². The summed E-state index contributed by atoms with van der Waals surface area (Å²) in [5, 5.41) is 1.10. The molecule has 22 heavy (non-hydrogen) atoms. The molecule has 2 aromatic heterocycles. The molecule has 0 saturated heterocycles. The molecule has 2 aromatic carbocycles. The average Bonchev–Trinajstić information content (AvgIpc) is 3.16. The summed E-state index contributed by atoms with van der Waals surface area (Å²) in [5.41, 5.74) is 3.62. The van der Waals surface area contributed by atoms with Gasteiger partial charge < -0.3 is 0 Å². The zero-order chi connectivity index (χ0) is 14.9. The van der Waals surface area contributed by atoms with Crippen LogP contribution in [0.4, 0.5) is 0 Å². The molecular weight excluding hydrogens is 357 g/mol. The number of nitrogens with zero attached hydrogens (tertiary/aromatic N) is 1. The number of ether oxygens (including phenoxy) is 1. The van der Waals surface area contributed by atoms with Crippen molar-refractivity contribution in [3.05, 3.63) is 59.5 Å². The number of rotatable bonds is 3. The van der Waals surface area contributed by atoms with Crippen molar-refractivity contribution in [2.45, 2.75) is 0 Å². The van der Waals surface area contributed by atoms with Crippen molar-refractivity contribution in [3.63, 3.8) is 0 Å².